The predicted molar refractivity (Wildman–Crippen MR) is 133 cm³/mol. The molecule has 174 valence electrons. The van der Waals surface area contributed by atoms with Crippen molar-refractivity contribution >= 4 is 35.2 Å². The summed E-state index contributed by atoms with van der Waals surface area (Å²) in [6.45, 7) is 5.02. The number of halogens is 1. The van der Waals surface area contributed by atoms with E-state index in [2.05, 4.69) is 12.2 Å². The number of amides is 2. The van der Waals surface area contributed by atoms with E-state index >= 15 is 0 Å². The molecule has 2 amide bonds. The van der Waals surface area contributed by atoms with Crippen molar-refractivity contribution in [2.24, 2.45) is 0 Å². The number of carbonyl (C=O) groups excluding carboxylic acids is 2. The van der Waals surface area contributed by atoms with Crippen LogP contribution in [-0.4, -0.2) is 42.2 Å². The van der Waals surface area contributed by atoms with E-state index in [4.69, 9.17) is 16.3 Å². The molecule has 2 aromatic rings. The molecule has 32 heavy (non-hydrogen) atoms. The first-order chi connectivity index (χ1) is 15.5. The van der Waals surface area contributed by atoms with Crippen molar-refractivity contribution in [3.05, 3.63) is 64.7 Å². The molecule has 0 spiro atoms. The number of unbranched alkanes of at least 4 members (excludes halogenated alkanes) is 1. The van der Waals surface area contributed by atoms with Gasteiger partial charge in [0.15, 0.2) is 0 Å². The lowest BCUT2D eigenvalue weighted by atomic mass is 10.1. The number of thioether (sulfide) groups is 1. The maximum atomic E-state index is 13.2. The monoisotopic (exact) mass is 476 g/mol. The first-order valence-electron chi connectivity index (χ1n) is 11.0. The molecule has 2 rings (SSSR count). The highest BCUT2D eigenvalue weighted by atomic mass is 35.5. The second-order valence-corrected chi connectivity index (χ2v) is 8.92. The van der Waals surface area contributed by atoms with Crippen molar-refractivity contribution in [3.8, 4) is 5.75 Å². The molecule has 0 aliphatic heterocycles. The Morgan fingerprint density at radius 3 is 2.47 bits per heavy atom. The summed E-state index contributed by atoms with van der Waals surface area (Å²) in [5, 5.41) is 3.68. The van der Waals surface area contributed by atoms with Crippen LogP contribution in [0.2, 0.25) is 5.02 Å². The number of nitrogens with zero attached hydrogens (tertiary/aromatic N) is 1. The molecule has 1 atom stereocenters. The zero-order chi connectivity index (χ0) is 23.3. The van der Waals surface area contributed by atoms with Gasteiger partial charge in [0.25, 0.3) is 0 Å². The molecule has 0 radical (unpaired) electrons. The van der Waals surface area contributed by atoms with Crippen LogP contribution < -0.4 is 10.1 Å². The second kappa shape index (κ2) is 14.1. The summed E-state index contributed by atoms with van der Waals surface area (Å²) in [7, 11) is 1.62. The van der Waals surface area contributed by atoms with Gasteiger partial charge in [-0.1, -0.05) is 62.2 Å². The zero-order valence-electron chi connectivity index (χ0n) is 19.1. The molecule has 0 fully saturated rings. The number of rotatable bonds is 13. The van der Waals surface area contributed by atoms with Crippen molar-refractivity contribution in [3.63, 3.8) is 0 Å². The van der Waals surface area contributed by atoms with Gasteiger partial charge in [-0.15, -0.1) is 11.8 Å². The van der Waals surface area contributed by atoms with E-state index in [1.807, 2.05) is 55.5 Å². The number of nitrogens with one attached hydrogen (secondary N) is 1. The van der Waals surface area contributed by atoms with Crippen molar-refractivity contribution < 1.29 is 14.3 Å². The van der Waals surface area contributed by atoms with Crippen molar-refractivity contribution in [1.82, 2.24) is 10.2 Å². The Morgan fingerprint density at radius 2 is 1.84 bits per heavy atom. The van der Waals surface area contributed by atoms with Crippen LogP contribution in [0.3, 0.4) is 0 Å². The fraction of sp³-hybridized carbons (Fsp3) is 0.440. The number of carbonyl (C=O) groups is 2. The van der Waals surface area contributed by atoms with Crippen molar-refractivity contribution in [2.45, 2.75) is 51.4 Å². The molecule has 0 aliphatic carbocycles. The summed E-state index contributed by atoms with van der Waals surface area (Å²) in [5.41, 5.74) is 1.95. The van der Waals surface area contributed by atoms with Gasteiger partial charge in [-0.3, -0.25) is 9.59 Å². The SMILES string of the molecule is CCCCNC(=O)[C@H](CC)N(Cc1ccc(OC)cc1)C(=O)CSCc1ccccc1Cl. The fourth-order valence-corrected chi connectivity index (χ4v) is 4.50. The summed E-state index contributed by atoms with van der Waals surface area (Å²) in [6, 6.07) is 14.7. The van der Waals surface area contributed by atoms with Crippen LogP contribution in [-0.2, 0) is 21.9 Å². The van der Waals surface area contributed by atoms with Gasteiger partial charge in [-0.25, -0.2) is 0 Å². The molecule has 0 aliphatic rings. The lowest BCUT2D eigenvalue weighted by molar-refractivity contribution is -0.139. The minimum Gasteiger partial charge on any atom is -0.497 e. The Bertz CT molecular complexity index is 861. The van der Waals surface area contributed by atoms with Crippen molar-refractivity contribution in [1.29, 1.82) is 0 Å². The molecule has 0 unspecified atom stereocenters. The predicted octanol–water partition coefficient (Wildman–Crippen LogP) is 5.31. The van der Waals surface area contributed by atoms with Crippen LogP contribution >= 0.6 is 23.4 Å². The average Bonchev–Trinajstić information content (AvgIpc) is 2.80. The Labute approximate surface area is 200 Å². The largest absolute Gasteiger partial charge is 0.497 e. The molecule has 0 aromatic heterocycles. The molecule has 0 saturated carbocycles. The topological polar surface area (TPSA) is 58.6 Å². The van der Waals surface area contributed by atoms with Gasteiger partial charge >= 0.3 is 0 Å². The normalized spacial score (nSPS) is 11.6. The maximum Gasteiger partial charge on any atom is 0.242 e. The van der Waals surface area contributed by atoms with Crippen LogP contribution in [0.15, 0.2) is 48.5 Å². The van der Waals surface area contributed by atoms with Crippen LogP contribution in [0.4, 0.5) is 0 Å². The molecule has 2 aromatic carbocycles. The third-order valence-corrected chi connectivity index (χ3v) is 6.50. The van der Waals surface area contributed by atoms with Crippen LogP contribution in [0.5, 0.6) is 5.75 Å². The molecular weight excluding hydrogens is 444 g/mol. The molecule has 7 heteroatoms. The maximum absolute atomic E-state index is 13.2. The Morgan fingerprint density at radius 1 is 1.12 bits per heavy atom. The van der Waals surface area contributed by atoms with E-state index in [0.29, 0.717) is 30.3 Å². The van der Waals surface area contributed by atoms with Crippen LogP contribution in [0.25, 0.3) is 0 Å². The number of benzene rings is 2. The van der Waals surface area contributed by atoms with E-state index in [0.717, 1.165) is 29.7 Å². The van der Waals surface area contributed by atoms with Crippen LogP contribution in [0.1, 0.15) is 44.2 Å². The van der Waals surface area contributed by atoms with E-state index < -0.39 is 6.04 Å². The fourth-order valence-electron chi connectivity index (χ4n) is 3.30. The molecule has 0 heterocycles. The Kier molecular flexibility index (Phi) is 11.5. The first kappa shape index (κ1) is 26.1. The highest BCUT2D eigenvalue weighted by molar-refractivity contribution is 7.99. The second-order valence-electron chi connectivity index (χ2n) is 7.52. The van der Waals surface area contributed by atoms with E-state index in [1.54, 1.807) is 12.0 Å². The van der Waals surface area contributed by atoms with E-state index in [1.165, 1.54) is 11.8 Å². The number of hydrogen-bond donors (Lipinski definition) is 1. The van der Waals surface area contributed by atoms with Gasteiger partial charge in [0.2, 0.25) is 11.8 Å². The molecule has 1 N–H and O–H groups in total. The number of methoxy groups -OCH3 is 1. The van der Waals surface area contributed by atoms with Crippen LogP contribution in [0, 0.1) is 0 Å². The van der Waals surface area contributed by atoms with Gasteiger partial charge < -0.3 is 15.0 Å². The highest BCUT2D eigenvalue weighted by Gasteiger charge is 2.28. The third kappa shape index (κ3) is 8.06. The molecule has 0 bridgehead atoms. The minimum atomic E-state index is -0.512. The van der Waals surface area contributed by atoms with Gasteiger partial charge in [0, 0.05) is 23.9 Å². The van der Waals surface area contributed by atoms with Gasteiger partial charge in [0.05, 0.1) is 12.9 Å². The van der Waals surface area contributed by atoms with Gasteiger partial charge in [-0.05, 0) is 42.2 Å². The number of hydrogen-bond acceptors (Lipinski definition) is 4. The Balaban J connectivity index is 2.12. The molecular formula is C25H33ClN2O3S. The average molecular weight is 477 g/mol. The van der Waals surface area contributed by atoms with Gasteiger partial charge in [-0.2, -0.15) is 0 Å². The smallest absolute Gasteiger partial charge is 0.242 e. The van der Waals surface area contributed by atoms with Gasteiger partial charge in [0.1, 0.15) is 11.8 Å². The molecule has 0 saturated heterocycles. The minimum absolute atomic E-state index is 0.0598. The summed E-state index contributed by atoms with van der Waals surface area (Å²) in [4.78, 5) is 27.8. The lowest BCUT2D eigenvalue weighted by Crippen LogP contribution is -2.49. The van der Waals surface area contributed by atoms with Crippen molar-refractivity contribution in [2.75, 3.05) is 19.4 Å². The molecule has 5 nitrogen and oxygen atoms in total. The number of ether oxygens (including phenoxy) is 1. The Hall–Kier alpha value is -2.18. The highest BCUT2D eigenvalue weighted by Crippen LogP contribution is 2.22. The summed E-state index contributed by atoms with van der Waals surface area (Å²) in [6.07, 6.45) is 2.47. The quantitative estimate of drug-likeness (QED) is 0.398. The standard InChI is InChI=1S/C25H33ClN2O3S/c1-4-6-15-27-25(30)23(5-2)28(16-19-11-13-21(31-3)14-12-19)24(29)18-32-17-20-9-7-8-10-22(20)26/h7-14,23H,4-6,15-18H2,1-3H3,(H,27,30)/t23-/m0/s1. The van der Waals surface area contributed by atoms with E-state index in [9.17, 15) is 9.59 Å². The summed E-state index contributed by atoms with van der Waals surface area (Å²) in [5.74, 6) is 1.52. The van der Waals surface area contributed by atoms with E-state index in [-0.39, 0.29) is 17.6 Å². The summed E-state index contributed by atoms with van der Waals surface area (Å²) >= 11 is 7.74. The lowest BCUT2D eigenvalue weighted by Gasteiger charge is -2.30. The first-order valence-corrected chi connectivity index (χ1v) is 12.5. The third-order valence-electron chi connectivity index (χ3n) is 5.17. The zero-order valence-corrected chi connectivity index (χ0v) is 20.7. The summed E-state index contributed by atoms with van der Waals surface area (Å²) < 4.78 is 5.23.